The number of amides is 2. The van der Waals surface area contributed by atoms with Gasteiger partial charge in [-0.05, 0) is 61.3 Å². The first-order valence-electron chi connectivity index (χ1n) is 11.6. The van der Waals surface area contributed by atoms with E-state index in [-0.39, 0.29) is 17.9 Å². The molecule has 6 heteroatoms. The van der Waals surface area contributed by atoms with Crippen LogP contribution in [0.15, 0.2) is 36.4 Å². The molecule has 3 atom stereocenters. The smallest absolute Gasteiger partial charge is 0.251 e. The van der Waals surface area contributed by atoms with Crippen molar-refractivity contribution < 1.29 is 19.1 Å². The molecule has 168 valence electrons. The van der Waals surface area contributed by atoms with Gasteiger partial charge in [0.1, 0.15) is 11.9 Å². The number of nitrogens with zero attached hydrogens (tertiary/aromatic N) is 1. The van der Waals surface area contributed by atoms with Crippen LogP contribution in [0.5, 0.6) is 5.75 Å². The van der Waals surface area contributed by atoms with E-state index in [1.807, 2.05) is 29.2 Å². The molecular formula is C25H34N2O4. The van der Waals surface area contributed by atoms with Gasteiger partial charge in [0.05, 0.1) is 13.0 Å². The maximum absolute atomic E-state index is 12.4. The van der Waals surface area contributed by atoms with E-state index in [0.29, 0.717) is 31.7 Å². The van der Waals surface area contributed by atoms with Crippen LogP contribution in [-0.2, 0) is 9.53 Å². The summed E-state index contributed by atoms with van der Waals surface area (Å²) in [5.41, 5.74) is 0.666. The molecule has 0 aromatic heterocycles. The monoisotopic (exact) mass is 426 g/mol. The number of methoxy groups -OCH3 is 1. The molecule has 1 saturated heterocycles. The Balaban J connectivity index is 1.17. The molecule has 1 N–H and O–H groups in total. The standard InChI is InChI=1S/C25H34N2O4/c1-30-15-11-24(28)27-13-9-23(10-14-27)31-22-6-4-19(5-7-22)25(29)26-12-8-21-17-18-2-3-20(21)16-18/h2-7,18,20-21,23H,8-17H2,1H3,(H,26,29)/t18-,20+,21-/m1/s1. The Labute approximate surface area is 185 Å². The largest absolute Gasteiger partial charge is 0.490 e. The second-order valence-corrected chi connectivity index (χ2v) is 9.05. The first-order chi connectivity index (χ1) is 15.1. The lowest BCUT2D eigenvalue weighted by atomic mass is 9.90. The molecule has 0 spiro atoms. The van der Waals surface area contributed by atoms with Crippen LogP contribution in [0.4, 0.5) is 0 Å². The molecule has 2 bridgehead atoms. The fraction of sp³-hybridized carbons (Fsp3) is 0.600. The number of fused-ring (bicyclic) bond motifs is 2. The number of carbonyl (C=O) groups is 2. The predicted octanol–water partition coefficient (Wildman–Crippen LogP) is 3.43. The minimum Gasteiger partial charge on any atom is -0.490 e. The van der Waals surface area contributed by atoms with Crippen LogP contribution in [-0.4, -0.2) is 56.2 Å². The van der Waals surface area contributed by atoms with Crippen molar-refractivity contribution in [2.24, 2.45) is 17.8 Å². The Hall–Kier alpha value is -2.34. The first-order valence-corrected chi connectivity index (χ1v) is 11.6. The summed E-state index contributed by atoms with van der Waals surface area (Å²) in [5, 5.41) is 3.07. The highest BCUT2D eigenvalue weighted by Crippen LogP contribution is 2.44. The van der Waals surface area contributed by atoms with Gasteiger partial charge in [-0.1, -0.05) is 12.2 Å². The van der Waals surface area contributed by atoms with E-state index < -0.39 is 0 Å². The highest BCUT2D eigenvalue weighted by Gasteiger charge is 2.35. The minimum absolute atomic E-state index is 0.0203. The zero-order valence-electron chi connectivity index (χ0n) is 18.4. The van der Waals surface area contributed by atoms with Gasteiger partial charge in [0, 0.05) is 45.1 Å². The summed E-state index contributed by atoms with van der Waals surface area (Å²) in [4.78, 5) is 26.4. The summed E-state index contributed by atoms with van der Waals surface area (Å²) < 4.78 is 11.1. The van der Waals surface area contributed by atoms with Crippen molar-refractivity contribution in [2.75, 3.05) is 33.4 Å². The molecule has 2 amide bonds. The molecule has 1 heterocycles. The van der Waals surface area contributed by atoms with Crippen LogP contribution in [0.25, 0.3) is 0 Å². The molecule has 1 saturated carbocycles. The average Bonchev–Trinajstić information content (AvgIpc) is 3.42. The third kappa shape index (κ3) is 5.67. The zero-order chi connectivity index (χ0) is 21.6. The fourth-order valence-electron chi connectivity index (χ4n) is 5.15. The maximum Gasteiger partial charge on any atom is 0.251 e. The van der Waals surface area contributed by atoms with Gasteiger partial charge in [-0.25, -0.2) is 0 Å². The number of nitrogens with one attached hydrogen (secondary N) is 1. The summed E-state index contributed by atoms with van der Waals surface area (Å²) in [6.07, 6.45) is 10.5. The summed E-state index contributed by atoms with van der Waals surface area (Å²) in [5.74, 6) is 3.14. The Morgan fingerprint density at radius 1 is 1.10 bits per heavy atom. The SMILES string of the molecule is COCCC(=O)N1CCC(Oc2ccc(C(=O)NCC[C@@H]3C[C@@H]4C=C[C@H]3C4)cc2)CC1. The van der Waals surface area contributed by atoms with E-state index in [2.05, 4.69) is 17.5 Å². The first kappa shape index (κ1) is 21.9. The van der Waals surface area contributed by atoms with E-state index in [1.165, 1.54) is 12.8 Å². The van der Waals surface area contributed by atoms with Gasteiger partial charge in [0.2, 0.25) is 5.91 Å². The van der Waals surface area contributed by atoms with Gasteiger partial charge >= 0.3 is 0 Å². The molecule has 1 aromatic rings. The molecule has 0 radical (unpaired) electrons. The van der Waals surface area contributed by atoms with Gasteiger partial charge in [-0.2, -0.15) is 0 Å². The van der Waals surface area contributed by atoms with Crippen molar-refractivity contribution in [1.29, 1.82) is 0 Å². The predicted molar refractivity (Wildman–Crippen MR) is 119 cm³/mol. The highest BCUT2D eigenvalue weighted by molar-refractivity contribution is 5.94. The summed E-state index contributed by atoms with van der Waals surface area (Å²) >= 11 is 0. The van der Waals surface area contributed by atoms with Crippen LogP contribution in [0.1, 0.15) is 48.9 Å². The average molecular weight is 427 g/mol. The van der Waals surface area contributed by atoms with E-state index in [4.69, 9.17) is 9.47 Å². The summed E-state index contributed by atoms with van der Waals surface area (Å²) in [6, 6.07) is 7.39. The van der Waals surface area contributed by atoms with Crippen LogP contribution < -0.4 is 10.1 Å². The fourth-order valence-corrected chi connectivity index (χ4v) is 5.15. The maximum atomic E-state index is 12.4. The number of allylic oxidation sites excluding steroid dienone is 2. The minimum atomic E-state index is -0.0203. The number of hydrogen-bond donors (Lipinski definition) is 1. The number of hydrogen-bond acceptors (Lipinski definition) is 4. The van der Waals surface area contributed by atoms with E-state index in [0.717, 1.165) is 49.3 Å². The summed E-state index contributed by atoms with van der Waals surface area (Å²) in [6.45, 7) is 2.63. The normalized spacial score (nSPS) is 25.1. The molecule has 6 nitrogen and oxygen atoms in total. The van der Waals surface area contributed by atoms with E-state index in [1.54, 1.807) is 7.11 Å². The highest BCUT2D eigenvalue weighted by atomic mass is 16.5. The number of carbonyl (C=O) groups excluding carboxylic acids is 2. The van der Waals surface area contributed by atoms with Crippen LogP contribution in [0.3, 0.4) is 0 Å². The van der Waals surface area contributed by atoms with Gasteiger partial charge in [-0.3, -0.25) is 9.59 Å². The topological polar surface area (TPSA) is 67.9 Å². The molecule has 4 rings (SSSR count). The van der Waals surface area contributed by atoms with Crippen LogP contribution >= 0.6 is 0 Å². The van der Waals surface area contributed by atoms with Gasteiger partial charge in [0.15, 0.2) is 0 Å². The third-order valence-electron chi connectivity index (χ3n) is 6.95. The quantitative estimate of drug-likeness (QED) is 0.615. The Morgan fingerprint density at radius 3 is 2.52 bits per heavy atom. The van der Waals surface area contributed by atoms with Crippen molar-refractivity contribution in [3.8, 4) is 5.75 Å². The van der Waals surface area contributed by atoms with Crippen molar-refractivity contribution in [1.82, 2.24) is 10.2 Å². The van der Waals surface area contributed by atoms with Crippen LogP contribution in [0, 0.1) is 17.8 Å². The second kappa shape index (κ2) is 10.3. The van der Waals surface area contributed by atoms with E-state index in [9.17, 15) is 9.59 Å². The van der Waals surface area contributed by atoms with Crippen LogP contribution in [0.2, 0.25) is 0 Å². The number of likely N-dealkylation sites (tertiary alicyclic amines) is 1. The molecule has 2 aliphatic carbocycles. The lowest BCUT2D eigenvalue weighted by molar-refractivity contribution is -0.133. The Morgan fingerprint density at radius 2 is 1.87 bits per heavy atom. The van der Waals surface area contributed by atoms with Gasteiger partial charge in [0.25, 0.3) is 5.91 Å². The Kier molecular flexibility index (Phi) is 7.28. The molecule has 1 aromatic carbocycles. The number of ether oxygens (including phenoxy) is 2. The lowest BCUT2D eigenvalue weighted by Gasteiger charge is -2.32. The van der Waals surface area contributed by atoms with Crippen molar-refractivity contribution in [3.63, 3.8) is 0 Å². The second-order valence-electron chi connectivity index (χ2n) is 9.05. The molecular weight excluding hydrogens is 392 g/mol. The van der Waals surface area contributed by atoms with Crippen molar-refractivity contribution >= 4 is 11.8 Å². The Bertz CT molecular complexity index is 783. The number of benzene rings is 1. The summed E-state index contributed by atoms with van der Waals surface area (Å²) in [7, 11) is 1.61. The molecule has 3 aliphatic rings. The third-order valence-corrected chi connectivity index (χ3v) is 6.95. The molecule has 1 aliphatic heterocycles. The number of rotatable bonds is 9. The van der Waals surface area contributed by atoms with E-state index >= 15 is 0 Å². The number of piperidine rings is 1. The molecule has 2 fully saturated rings. The van der Waals surface area contributed by atoms with Crippen molar-refractivity contribution in [3.05, 3.63) is 42.0 Å². The molecule has 0 unspecified atom stereocenters. The lowest BCUT2D eigenvalue weighted by Crippen LogP contribution is -2.42. The van der Waals surface area contributed by atoms with Gasteiger partial charge < -0.3 is 19.7 Å². The molecule has 31 heavy (non-hydrogen) atoms. The zero-order valence-corrected chi connectivity index (χ0v) is 18.4. The van der Waals surface area contributed by atoms with Gasteiger partial charge in [-0.15, -0.1) is 0 Å². The van der Waals surface area contributed by atoms with Crippen molar-refractivity contribution in [2.45, 2.75) is 44.6 Å².